The van der Waals surface area contributed by atoms with E-state index in [2.05, 4.69) is 17.1 Å². The maximum Gasteiger partial charge on any atom is 0.194 e. The summed E-state index contributed by atoms with van der Waals surface area (Å²) in [6, 6.07) is 5.97. The number of hydrogen-bond acceptors (Lipinski definition) is 5. The Kier molecular flexibility index (Phi) is 9.93. The third-order valence-electron chi connectivity index (χ3n) is 4.64. The second-order valence-electron chi connectivity index (χ2n) is 6.76. The smallest absolute Gasteiger partial charge is 0.194 e. The predicted molar refractivity (Wildman–Crippen MR) is 111 cm³/mol. The number of rotatable bonds is 11. The van der Waals surface area contributed by atoms with Gasteiger partial charge in [-0.15, -0.1) is 0 Å². The Morgan fingerprint density at radius 3 is 2.79 bits per heavy atom. The third-order valence-corrected chi connectivity index (χ3v) is 4.64. The van der Waals surface area contributed by atoms with Crippen LogP contribution < -0.4 is 14.8 Å². The first-order valence-electron chi connectivity index (χ1n) is 10.1. The van der Waals surface area contributed by atoms with E-state index < -0.39 is 0 Å². The van der Waals surface area contributed by atoms with Crippen molar-refractivity contribution in [3.63, 3.8) is 0 Å². The SMILES string of the molecule is CCNC(=NCc1ccc(OC)c(OCC)c1)N1CCC(COCCOC)C1. The number of nitrogens with one attached hydrogen (secondary N) is 1. The molecule has 0 bridgehead atoms. The van der Waals surface area contributed by atoms with Crippen LogP contribution in [0.1, 0.15) is 25.8 Å². The van der Waals surface area contributed by atoms with Gasteiger partial charge >= 0.3 is 0 Å². The quantitative estimate of drug-likeness (QED) is 0.354. The fraction of sp³-hybridized carbons (Fsp3) is 0.667. The molecule has 7 heteroatoms. The molecule has 7 nitrogen and oxygen atoms in total. The van der Waals surface area contributed by atoms with Gasteiger partial charge in [-0.3, -0.25) is 0 Å². The number of likely N-dealkylation sites (tertiary alicyclic amines) is 1. The minimum atomic E-state index is 0.534. The van der Waals surface area contributed by atoms with Gasteiger partial charge in [-0.25, -0.2) is 4.99 Å². The van der Waals surface area contributed by atoms with Crippen LogP contribution in [-0.4, -0.2) is 71.1 Å². The normalized spacial score (nSPS) is 17.1. The molecule has 0 aliphatic carbocycles. The molecule has 1 heterocycles. The molecule has 1 aliphatic heterocycles. The molecule has 0 radical (unpaired) electrons. The molecule has 158 valence electrons. The zero-order valence-electron chi connectivity index (χ0n) is 17.7. The second kappa shape index (κ2) is 12.5. The van der Waals surface area contributed by atoms with Crippen LogP contribution in [0.25, 0.3) is 0 Å². The highest BCUT2D eigenvalue weighted by Gasteiger charge is 2.25. The molecule has 0 aromatic heterocycles. The number of aliphatic imine (C=N–C) groups is 1. The van der Waals surface area contributed by atoms with Crippen LogP contribution in [-0.2, 0) is 16.0 Å². The topological polar surface area (TPSA) is 64.6 Å². The van der Waals surface area contributed by atoms with Gasteiger partial charge in [0.25, 0.3) is 0 Å². The Labute approximate surface area is 169 Å². The van der Waals surface area contributed by atoms with Crippen LogP contribution in [0.2, 0.25) is 0 Å². The minimum absolute atomic E-state index is 0.534. The molecular weight excluding hydrogens is 358 g/mol. The van der Waals surface area contributed by atoms with Crippen LogP contribution >= 0.6 is 0 Å². The van der Waals surface area contributed by atoms with E-state index in [9.17, 15) is 0 Å². The maximum absolute atomic E-state index is 5.70. The summed E-state index contributed by atoms with van der Waals surface area (Å²) in [5.41, 5.74) is 1.10. The summed E-state index contributed by atoms with van der Waals surface area (Å²) in [7, 11) is 3.35. The number of benzene rings is 1. The number of nitrogens with zero attached hydrogens (tertiary/aromatic N) is 2. The van der Waals surface area contributed by atoms with Crippen LogP contribution in [0, 0.1) is 5.92 Å². The largest absolute Gasteiger partial charge is 0.493 e. The highest BCUT2D eigenvalue weighted by molar-refractivity contribution is 5.80. The van der Waals surface area contributed by atoms with Gasteiger partial charge in [0.05, 0.1) is 40.1 Å². The molecular formula is C21H35N3O4. The van der Waals surface area contributed by atoms with Crippen molar-refractivity contribution in [3.05, 3.63) is 23.8 Å². The van der Waals surface area contributed by atoms with Crippen molar-refractivity contribution >= 4 is 5.96 Å². The fourth-order valence-electron chi connectivity index (χ4n) is 3.23. The molecule has 1 aromatic rings. The van der Waals surface area contributed by atoms with Gasteiger partial charge in [-0.1, -0.05) is 6.07 Å². The molecule has 1 aliphatic rings. The van der Waals surface area contributed by atoms with Crippen molar-refractivity contribution in [1.29, 1.82) is 0 Å². The van der Waals surface area contributed by atoms with Gasteiger partial charge < -0.3 is 29.2 Å². The monoisotopic (exact) mass is 393 g/mol. The van der Waals surface area contributed by atoms with Crippen molar-refractivity contribution < 1.29 is 18.9 Å². The lowest BCUT2D eigenvalue weighted by Crippen LogP contribution is -2.40. The van der Waals surface area contributed by atoms with Crippen molar-refractivity contribution in [2.24, 2.45) is 10.9 Å². The van der Waals surface area contributed by atoms with E-state index in [-0.39, 0.29) is 0 Å². The van der Waals surface area contributed by atoms with Gasteiger partial charge in [-0.2, -0.15) is 0 Å². The van der Waals surface area contributed by atoms with E-state index in [0.717, 1.165) is 55.7 Å². The Hall–Kier alpha value is -1.99. The molecule has 0 amide bonds. The first kappa shape index (κ1) is 22.3. The molecule has 1 saturated heterocycles. The summed E-state index contributed by atoms with van der Waals surface area (Å²) < 4.78 is 21.7. The maximum atomic E-state index is 5.70. The summed E-state index contributed by atoms with van der Waals surface area (Å²) in [5, 5.41) is 3.41. The van der Waals surface area contributed by atoms with Crippen molar-refractivity contribution in [2.45, 2.75) is 26.8 Å². The Balaban J connectivity index is 1.96. The van der Waals surface area contributed by atoms with E-state index in [1.54, 1.807) is 14.2 Å². The molecule has 0 saturated carbocycles. The van der Waals surface area contributed by atoms with Gasteiger partial charge in [0.1, 0.15) is 0 Å². The zero-order chi connectivity index (χ0) is 20.2. The van der Waals surface area contributed by atoms with Crippen LogP contribution in [0.3, 0.4) is 0 Å². The summed E-state index contributed by atoms with van der Waals surface area (Å²) in [5.74, 6) is 3.00. The number of methoxy groups -OCH3 is 2. The zero-order valence-corrected chi connectivity index (χ0v) is 17.7. The Morgan fingerprint density at radius 2 is 2.07 bits per heavy atom. The van der Waals surface area contributed by atoms with Crippen LogP contribution in [0.15, 0.2) is 23.2 Å². The molecule has 1 unspecified atom stereocenters. The molecule has 28 heavy (non-hydrogen) atoms. The summed E-state index contributed by atoms with van der Waals surface area (Å²) in [6.07, 6.45) is 1.12. The predicted octanol–water partition coefficient (Wildman–Crippen LogP) is 2.54. The molecule has 1 aromatic carbocycles. The number of guanidine groups is 1. The lowest BCUT2D eigenvalue weighted by molar-refractivity contribution is 0.0536. The van der Waals surface area contributed by atoms with Gasteiger partial charge in [0.2, 0.25) is 0 Å². The summed E-state index contributed by atoms with van der Waals surface area (Å²) in [4.78, 5) is 7.16. The van der Waals surface area contributed by atoms with Crippen LogP contribution in [0.5, 0.6) is 11.5 Å². The first-order chi connectivity index (χ1) is 13.7. The summed E-state index contributed by atoms with van der Waals surface area (Å²) >= 11 is 0. The van der Waals surface area contributed by atoms with Gasteiger partial charge in [-0.05, 0) is 38.0 Å². The Bertz CT molecular complexity index is 609. The van der Waals surface area contributed by atoms with Crippen molar-refractivity contribution in [1.82, 2.24) is 10.2 Å². The number of ether oxygens (including phenoxy) is 4. The molecule has 0 spiro atoms. The lowest BCUT2D eigenvalue weighted by atomic mass is 10.1. The van der Waals surface area contributed by atoms with E-state index in [1.807, 2.05) is 25.1 Å². The van der Waals surface area contributed by atoms with E-state index >= 15 is 0 Å². The number of hydrogen-bond donors (Lipinski definition) is 1. The van der Waals surface area contributed by atoms with Crippen molar-refractivity contribution in [3.8, 4) is 11.5 Å². The first-order valence-corrected chi connectivity index (χ1v) is 10.1. The molecule has 1 N–H and O–H groups in total. The average Bonchev–Trinajstić information content (AvgIpc) is 3.18. The highest BCUT2D eigenvalue weighted by atomic mass is 16.5. The summed E-state index contributed by atoms with van der Waals surface area (Å²) in [6.45, 7) is 10.1. The van der Waals surface area contributed by atoms with Gasteiger partial charge in [0.15, 0.2) is 17.5 Å². The average molecular weight is 394 g/mol. The van der Waals surface area contributed by atoms with Gasteiger partial charge in [0, 0.05) is 32.7 Å². The minimum Gasteiger partial charge on any atom is -0.493 e. The molecule has 1 fully saturated rings. The van der Waals surface area contributed by atoms with E-state index in [0.29, 0.717) is 32.3 Å². The Morgan fingerprint density at radius 1 is 1.21 bits per heavy atom. The molecule has 2 rings (SSSR count). The standard InChI is InChI=1S/C21H35N3O4/c1-5-22-21(24-10-9-18(15-24)16-27-12-11-25-3)23-14-17-7-8-19(26-4)20(13-17)28-6-2/h7-8,13,18H,5-6,9-12,14-16H2,1-4H3,(H,22,23). The highest BCUT2D eigenvalue weighted by Crippen LogP contribution is 2.28. The fourth-order valence-corrected chi connectivity index (χ4v) is 3.23. The van der Waals surface area contributed by atoms with E-state index in [4.69, 9.17) is 23.9 Å². The third kappa shape index (κ3) is 6.87. The van der Waals surface area contributed by atoms with Crippen molar-refractivity contribution in [2.75, 3.05) is 60.3 Å². The van der Waals surface area contributed by atoms with Crippen LogP contribution in [0.4, 0.5) is 0 Å². The second-order valence-corrected chi connectivity index (χ2v) is 6.76. The van der Waals surface area contributed by atoms with E-state index in [1.165, 1.54) is 0 Å². The molecule has 1 atom stereocenters. The lowest BCUT2D eigenvalue weighted by Gasteiger charge is -2.22.